The van der Waals surface area contributed by atoms with Crippen molar-refractivity contribution in [2.24, 2.45) is 5.92 Å². The van der Waals surface area contributed by atoms with Crippen LogP contribution in [0.25, 0.3) is 0 Å². The van der Waals surface area contributed by atoms with Gasteiger partial charge in [-0.25, -0.2) is 0 Å². The lowest BCUT2D eigenvalue weighted by molar-refractivity contribution is -0.132. The van der Waals surface area contributed by atoms with E-state index < -0.39 is 131 Å². The second-order valence-electron chi connectivity index (χ2n) is 42.6. The van der Waals surface area contributed by atoms with E-state index in [1.54, 1.807) is 0 Å². The molecule has 0 saturated heterocycles. The van der Waals surface area contributed by atoms with Crippen molar-refractivity contribution in [1.82, 2.24) is 0 Å². The van der Waals surface area contributed by atoms with Gasteiger partial charge in [-0.3, -0.25) is 4.79 Å². The van der Waals surface area contributed by atoms with Crippen LogP contribution >= 0.6 is 0 Å². The summed E-state index contributed by atoms with van der Waals surface area (Å²) in [5, 5.41) is 0. The zero-order valence-corrected chi connectivity index (χ0v) is 97.1. The first-order valence-corrected chi connectivity index (χ1v) is 92.5. The molecule has 25 heteroatoms. The quantitative estimate of drug-likeness (QED) is 0.0469. The zero-order chi connectivity index (χ0) is 88.3. The van der Waals surface area contributed by atoms with Crippen molar-refractivity contribution in [2.45, 2.75) is 362 Å². The van der Waals surface area contributed by atoms with E-state index in [2.05, 4.69) is 377 Å². The number of carbonyl (C=O) groups excluding carboxylic acids is 1. The summed E-state index contributed by atoms with van der Waals surface area (Å²) >= 11 is 0. The van der Waals surface area contributed by atoms with Crippen LogP contribution < -0.4 is 4.43 Å². The van der Waals surface area contributed by atoms with Gasteiger partial charge >= 0.3 is 0 Å². The molecule has 0 aromatic heterocycles. The molecule has 0 spiro atoms. The van der Waals surface area contributed by atoms with Crippen LogP contribution in [0.15, 0.2) is 129 Å². The van der Waals surface area contributed by atoms with Gasteiger partial charge in [0.15, 0.2) is 49.9 Å². The van der Waals surface area contributed by atoms with Gasteiger partial charge in [-0.1, -0.05) is 157 Å². The number of carbonyl (C=O) groups is 1. The first kappa shape index (κ1) is 122. The minimum atomic E-state index is -1.78. The van der Waals surface area contributed by atoms with Crippen molar-refractivity contribution in [3.63, 3.8) is 0 Å². The van der Waals surface area contributed by atoms with Crippen LogP contribution in [0.5, 0.6) is 5.75 Å². The van der Waals surface area contributed by atoms with E-state index in [9.17, 15) is 4.79 Å². The Labute approximate surface area is 700 Å². The predicted octanol–water partition coefficient (Wildman–Crippen LogP) is 29.1. The largest absolute Gasteiger partial charge is 0.544 e. The van der Waals surface area contributed by atoms with E-state index in [0.29, 0.717) is 12.0 Å². The predicted molar refractivity (Wildman–Crippen MR) is 545 cm³/mol. The molecule has 0 saturated carbocycles. The molecule has 0 amide bonds. The number of hydrogen-bond donors (Lipinski definition) is 0. The lowest BCUT2D eigenvalue weighted by Gasteiger charge is -2.36. The summed E-state index contributed by atoms with van der Waals surface area (Å²) < 4.78 is 47.5. The highest BCUT2D eigenvalue weighted by atomic mass is 28.4. The van der Waals surface area contributed by atoms with Crippen molar-refractivity contribution >= 4 is 137 Å². The Morgan fingerprint density at radius 2 is 0.642 bits per heavy atom. The second-order valence-corrected chi connectivity index (χ2v) is 119. The minimum Gasteiger partial charge on any atom is -0.544 e. The number of unbranched alkanes of at least 4 members (excludes halogenated alkanes) is 1. The molecular weight excluding hydrogens is 1600 g/mol. The Hall–Kier alpha value is -0.360. The highest BCUT2D eigenvalue weighted by molar-refractivity contribution is 6.99. The Balaban J connectivity index is -0.000000218. The fourth-order valence-corrected chi connectivity index (χ4v) is 99.2. The average Bonchev–Trinajstić information content (AvgIpc) is 0.865. The third-order valence-electron chi connectivity index (χ3n) is 17.2. The Morgan fingerprint density at radius 3 is 0.908 bits per heavy atom. The van der Waals surface area contributed by atoms with Crippen LogP contribution in [-0.4, -0.2) is 175 Å². The highest BCUT2D eigenvalue weighted by Gasteiger charge is 2.39. The monoisotopic (exact) mass is 1790 g/mol. The SMILES string of the molecule is C=C[Si](C)(C)C[Si](C)(C)OC(C)(C)C.C=C[Si](C)(C)C[Si](C)(C)OC(C)=O.C=C[Si](C)(C)C[Si](C)(C)OC(C)C.C=C[Si](C)(C)C[Si](C)(C)OCC.C=C[Si](C)(C)C[Si](C)(C)OCC(C)C.C=C[Si](C)(C)C[Si](C)(C)OCCC.C=C[Si](C)(C)C[Si](C)(C)OCCCC.C=C[Si](C)(C)C[Si](C)(C)Oc1ccccc1. The van der Waals surface area contributed by atoms with Gasteiger partial charge in [0, 0.05) is 45.1 Å². The third kappa shape index (κ3) is 81.2. The Morgan fingerprint density at radius 1 is 0.367 bits per heavy atom. The standard InChI is InChI=1S/C13H22OSi2.3C11H26OSi2.2C10H24OSi2.C9H20O2Si2.C9H22OSi2/c1-6-15(2,3)12-16(4,5)14-13-10-8-7-9-11-13;1-9-13(5,6)10-14(7,8)12-11(2,3)4;1-8-13(4,5)10-14(6,7)12-9-11(2)3;1-7-9-10-12-14(5,6)11-13(3,4)8-2;1-8-12(4,5)9-13(6,7)11-10(2)3;1-7-9-11-13(5,6)10-12(3,4)8-2;1-7-12(3,4)8-13(5,6)11-9(2)10;1-7-10-12(5,6)9-11(3,4)8-2/h6-11H,1,12H2,2-5H3;9H,1,10H2,2-8H3;8,11H,1,9-10H2,2-7H3;8H,2,7,9-11H2,1,3-6H3;8,10H,1,9H2,2-7H3;8H,2,7,9-10H2,1,3-6H3;7H,1,8H2,2-6H3;8H,2,7,9H2,1,3-6H3. The molecule has 644 valence electrons. The number of benzene rings is 1. The first-order chi connectivity index (χ1) is 48.4. The molecule has 1 rings (SSSR count). The highest BCUT2D eigenvalue weighted by Crippen LogP contribution is 2.30. The van der Waals surface area contributed by atoms with Gasteiger partial charge in [0.2, 0.25) is 16.6 Å². The minimum absolute atomic E-state index is 0.00136. The van der Waals surface area contributed by atoms with Crippen LogP contribution in [0.4, 0.5) is 0 Å². The average molecular weight is 1790 g/mol. The molecule has 9 nitrogen and oxygen atoms in total. The summed E-state index contributed by atoms with van der Waals surface area (Å²) in [5.41, 5.74) is 27.3. The maximum absolute atomic E-state index is 10.8. The molecule has 0 fully saturated rings. The maximum Gasteiger partial charge on any atom is 0.289 e. The summed E-state index contributed by atoms with van der Waals surface area (Å²) in [6, 6.07) is 10.1. The summed E-state index contributed by atoms with van der Waals surface area (Å²) in [6.07, 6.45) is 3.93. The van der Waals surface area contributed by atoms with E-state index in [-0.39, 0.29) is 11.6 Å². The van der Waals surface area contributed by atoms with Crippen molar-refractivity contribution in [2.75, 3.05) is 26.4 Å². The Bertz CT molecular complexity index is 2670. The summed E-state index contributed by atoms with van der Waals surface area (Å²) in [4.78, 5) is 10.8. The molecule has 109 heavy (non-hydrogen) atoms. The lowest BCUT2D eigenvalue weighted by atomic mass is 10.2. The fourth-order valence-electron chi connectivity index (χ4n) is 14.0. The lowest BCUT2D eigenvalue weighted by Crippen LogP contribution is -2.45. The molecule has 1 aromatic carbocycles. The van der Waals surface area contributed by atoms with Crippen molar-refractivity contribution in [1.29, 1.82) is 0 Å². The Kier molecular flexibility index (Phi) is 61.1. The first-order valence-electron chi connectivity index (χ1n) is 41.3. The van der Waals surface area contributed by atoms with Gasteiger partial charge in [0.05, 0.1) is 64.6 Å². The maximum atomic E-state index is 10.8. The molecule has 0 aliphatic rings. The van der Waals surface area contributed by atoms with Crippen LogP contribution in [0.3, 0.4) is 0 Å². The number of para-hydroxylation sites is 1. The summed E-state index contributed by atoms with van der Waals surface area (Å²) in [6.45, 7) is 132. The molecule has 0 bridgehead atoms. The van der Waals surface area contributed by atoms with Crippen LogP contribution in [-0.2, 0) is 35.8 Å². The van der Waals surface area contributed by atoms with E-state index >= 15 is 0 Å². The number of hydrogen-bond acceptors (Lipinski definition) is 9. The molecule has 0 N–H and O–H groups in total. The summed E-state index contributed by atoms with van der Waals surface area (Å²) in [7, 11) is -21.6. The molecule has 0 radical (unpaired) electrons. The fraction of sp³-hybridized carbons (Fsp3) is 0.726. The van der Waals surface area contributed by atoms with Gasteiger partial charge in [-0.05, 0) is 223 Å². The number of rotatable bonds is 42. The van der Waals surface area contributed by atoms with E-state index in [1.165, 1.54) is 59.4 Å². The normalized spacial score (nSPS) is 13.1. The third-order valence-corrected chi connectivity index (χ3v) is 90.3. The van der Waals surface area contributed by atoms with Gasteiger partial charge in [0.25, 0.3) is 5.97 Å². The van der Waals surface area contributed by atoms with E-state index in [1.807, 2.05) is 30.3 Å². The molecular formula is C84H190O9Si16. The molecule has 0 unspecified atom stereocenters. The molecule has 0 aliphatic heterocycles. The van der Waals surface area contributed by atoms with Crippen LogP contribution in [0.2, 0.25) is 255 Å². The van der Waals surface area contributed by atoms with Gasteiger partial charge in [-0.2, -0.15) is 0 Å². The van der Waals surface area contributed by atoms with E-state index in [0.717, 1.165) is 44.3 Å². The molecule has 1 aromatic rings. The molecule has 0 heterocycles. The zero-order valence-electron chi connectivity index (χ0n) is 81.1. The summed E-state index contributed by atoms with van der Waals surface area (Å²) in [5.74, 6) is 1.51. The van der Waals surface area contributed by atoms with E-state index in [4.69, 9.17) is 35.4 Å². The van der Waals surface area contributed by atoms with Crippen molar-refractivity contribution in [3.05, 3.63) is 129 Å². The van der Waals surface area contributed by atoms with Crippen molar-refractivity contribution in [3.8, 4) is 5.75 Å². The van der Waals surface area contributed by atoms with Crippen LogP contribution in [0, 0.1) is 5.92 Å². The van der Waals surface area contributed by atoms with Gasteiger partial charge in [-0.15, -0.1) is 98.2 Å². The topological polar surface area (TPSA) is 90.9 Å². The van der Waals surface area contributed by atoms with Gasteiger partial charge < -0.3 is 35.4 Å². The second kappa shape index (κ2) is 54.7. The smallest absolute Gasteiger partial charge is 0.289 e. The van der Waals surface area contributed by atoms with Crippen LogP contribution in [0.1, 0.15) is 95.4 Å². The molecule has 0 aliphatic carbocycles. The van der Waals surface area contributed by atoms with Crippen molar-refractivity contribution < 1.29 is 40.2 Å². The van der Waals surface area contributed by atoms with Gasteiger partial charge in [0.1, 0.15) is 5.75 Å². The molecule has 0 atom stereocenters.